The van der Waals surface area contributed by atoms with Crippen LogP contribution in [0.4, 0.5) is 11.6 Å². The number of aromatic amines is 1. The fourth-order valence-corrected chi connectivity index (χ4v) is 1.33. The van der Waals surface area contributed by atoms with Gasteiger partial charge in [0, 0.05) is 11.9 Å². The van der Waals surface area contributed by atoms with Crippen LogP contribution in [-0.4, -0.2) is 16.6 Å². The maximum absolute atomic E-state index is 5.34. The molecule has 0 spiro atoms. The van der Waals surface area contributed by atoms with Crippen molar-refractivity contribution in [3.63, 3.8) is 0 Å². The monoisotopic (exact) mass is 230 g/mol. The smallest absolute Gasteiger partial charge is 0.246 e. The van der Waals surface area contributed by atoms with E-state index in [0.29, 0.717) is 12.6 Å². The third-order valence-electron chi connectivity index (χ3n) is 2.10. The third-order valence-corrected chi connectivity index (χ3v) is 2.10. The van der Waals surface area contributed by atoms with E-state index in [4.69, 9.17) is 4.74 Å². The van der Waals surface area contributed by atoms with Gasteiger partial charge >= 0.3 is 0 Å². The molecule has 1 aromatic carbocycles. The second kappa shape index (κ2) is 5.25. The number of ether oxygens (including phenoxy) is 1. The minimum atomic E-state index is 0.511. The number of azo groups is 1. The number of imidazole rings is 1. The number of rotatable bonds is 4. The zero-order chi connectivity index (χ0) is 12.1. The quantitative estimate of drug-likeness (QED) is 0.816. The number of benzene rings is 1. The van der Waals surface area contributed by atoms with Crippen LogP contribution in [0.25, 0.3) is 0 Å². The number of nitrogens with zero attached hydrogens (tertiary/aromatic N) is 3. The van der Waals surface area contributed by atoms with Gasteiger partial charge in [-0.3, -0.25) is 0 Å². The maximum atomic E-state index is 5.34. The van der Waals surface area contributed by atoms with Crippen LogP contribution in [0.1, 0.15) is 12.6 Å². The van der Waals surface area contributed by atoms with E-state index in [1.807, 2.05) is 38.1 Å². The second-order valence-corrected chi connectivity index (χ2v) is 3.52. The van der Waals surface area contributed by atoms with Crippen LogP contribution < -0.4 is 4.74 Å². The number of H-pyrrole nitrogens is 1. The second-order valence-electron chi connectivity index (χ2n) is 3.52. The molecule has 0 saturated heterocycles. The summed E-state index contributed by atoms with van der Waals surface area (Å²) in [6.07, 6.45) is 1.71. The molecule has 0 radical (unpaired) electrons. The number of hydrogen-bond acceptors (Lipinski definition) is 4. The summed E-state index contributed by atoms with van der Waals surface area (Å²) in [6.45, 7) is 4.53. The molecule has 0 unspecified atom stereocenters. The molecule has 0 aliphatic rings. The van der Waals surface area contributed by atoms with Crippen LogP contribution in [0, 0.1) is 6.92 Å². The van der Waals surface area contributed by atoms with Gasteiger partial charge in [-0.25, -0.2) is 4.98 Å². The van der Waals surface area contributed by atoms with Gasteiger partial charge in [-0.15, -0.1) is 10.2 Å². The lowest BCUT2D eigenvalue weighted by molar-refractivity contribution is 0.340. The molecule has 0 amide bonds. The van der Waals surface area contributed by atoms with Gasteiger partial charge in [-0.2, -0.15) is 0 Å². The largest absolute Gasteiger partial charge is 0.494 e. The van der Waals surface area contributed by atoms with Crippen LogP contribution in [0.5, 0.6) is 5.75 Å². The molecular formula is C12H14N4O. The number of hydrogen-bond donors (Lipinski definition) is 1. The standard InChI is InChI=1S/C12H14N4O/c1-3-17-11-6-4-10(5-7-11)15-16-12-13-8-9(2)14-12/h4-8H,3H2,1-2H3,(H,13,14). The average molecular weight is 230 g/mol. The summed E-state index contributed by atoms with van der Waals surface area (Å²) in [5, 5.41) is 8.06. The van der Waals surface area contributed by atoms with Gasteiger partial charge in [0.15, 0.2) is 0 Å². The molecular weight excluding hydrogens is 216 g/mol. The predicted octanol–water partition coefficient (Wildman–Crippen LogP) is 3.53. The molecule has 0 aliphatic carbocycles. The van der Waals surface area contributed by atoms with Crippen molar-refractivity contribution in [3.8, 4) is 5.75 Å². The van der Waals surface area contributed by atoms with E-state index in [2.05, 4.69) is 20.2 Å². The molecule has 1 aromatic heterocycles. The molecule has 0 saturated carbocycles. The topological polar surface area (TPSA) is 62.6 Å². The predicted molar refractivity (Wildman–Crippen MR) is 65.1 cm³/mol. The van der Waals surface area contributed by atoms with Crippen molar-refractivity contribution in [3.05, 3.63) is 36.2 Å². The summed E-state index contributed by atoms with van der Waals surface area (Å²) in [5.41, 5.74) is 1.73. The zero-order valence-corrected chi connectivity index (χ0v) is 9.84. The molecule has 5 nitrogen and oxygen atoms in total. The van der Waals surface area contributed by atoms with Crippen molar-refractivity contribution in [2.45, 2.75) is 13.8 Å². The lowest BCUT2D eigenvalue weighted by Crippen LogP contribution is -1.89. The number of nitrogens with one attached hydrogen (secondary N) is 1. The van der Waals surface area contributed by atoms with Gasteiger partial charge in [-0.1, -0.05) is 0 Å². The molecule has 88 valence electrons. The highest BCUT2D eigenvalue weighted by molar-refractivity contribution is 5.41. The SMILES string of the molecule is CCOc1ccc(N=Nc2ncc(C)[nH]2)cc1. The molecule has 0 fully saturated rings. The fourth-order valence-electron chi connectivity index (χ4n) is 1.33. The van der Waals surface area contributed by atoms with E-state index in [-0.39, 0.29) is 0 Å². The van der Waals surface area contributed by atoms with Crippen molar-refractivity contribution in [2.24, 2.45) is 10.2 Å². The van der Waals surface area contributed by atoms with Gasteiger partial charge in [-0.05, 0) is 38.1 Å². The third kappa shape index (κ3) is 3.14. The van der Waals surface area contributed by atoms with Gasteiger partial charge in [0.1, 0.15) is 5.75 Å². The van der Waals surface area contributed by atoms with Crippen LogP contribution in [0.15, 0.2) is 40.7 Å². The van der Waals surface area contributed by atoms with E-state index >= 15 is 0 Å². The fraction of sp³-hybridized carbons (Fsp3) is 0.250. The van der Waals surface area contributed by atoms with Crippen molar-refractivity contribution in [2.75, 3.05) is 6.61 Å². The Morgan fingerprint density at radius 2 is 2.00 bits per heavy atom. The molecule has 0 aliphatic heterocycles. The minimum Gasteiger partial charge on any atom is -0.494 e. The van der Waals surface area contributed by atoms with Gasteiger partial charge < -0.3 is 9.72 Å². The molecule has 1 N–H and O–H groups in total. The lowest BCUT2D eigenvalue weighted by Gasteiger charge is -2.01. The van der Waals surface area contributed by atoms with Crippen molar-refractivity contribution in [1.29, 1.82) is 0 Å². The first-order valence-corrected chi connectivity index (χ1v) is 5.44. The van der Waals surface area contributed by atoms with Crippen LogP contribution >= 0.6 is 0 Å². The molecule has 0 bridgehead atoms. The van der Waals surface area contributed by atoms with Gasteiger partial charge in [0.05, 0.1) is 12.3 Å². The molecule has 5 heteroatoms. The Morgan fingerprint density at radius 1 is 1.24 bits per heavy atom. The molecule has 17 heavy (non-hydrogen) atoms. The first-order valence-electron chi connectivity index (χ1n) is 5.44. The summed E-state index contributed by atoms with van der Waals surface area (Å²) in [6, 6.07) is 7.44. The Labute approximate surface area is 99.6 Å². The van der Waals surface area contributed by atoms with E-state index in [1.54, 1.807) is 6.20 Å². The summed E-state index contributed by atoms with van der Waals surface area (Å²) >= 11 is 0. The first kappa shape index (κ1) is 11.3. The first-order chi connectivity index (χ1) is 8.28. The Hall–Kier alpha value is -2.17. The highest BCUT2D eigenvalue weighted by Gasteiger charge is 1.95. The Kier molecular flexibility index (Phi) is 3.49. The van der Waals surface area contributed by atoms with Crippen molar-refractivity contribution >= 4 is 11.6 Å². The molecule has 2 aromatic rings. The normalized spacial score (nSPS) is 10.9. The molecule has 1 heterocycles. The zero-order valence-electron chi connectivity index (χ0n) is 9.84. The average Bonchev–Trinajstić information content (AvgIpc) is 2.75. The molecule has 0 atom stereocenters. The van der Waals surface area contributed by atoms with Crippen LogP contribution in [-0.2, 0) is 0 Å². The van der Waals surface area contributed by atoms with E-state index in [1.165, 1.54) is 0 Å². The van der Waals surface area contributed by atoms with Gasteiger partial charge in [0.2, 0.25) is 5.95 Å². The highest BCUT2D eigenvalue weighted by Crippen LogP contribution is 2.19. The summed E-state index contributed by atoms with van der Waals surface area (Å²) in [4.78, 5) is 7.02. The van der Waals surface area contributed by atoms with E-state index in [0.717, 1.165) is 17.1 Å². The highest BCUT2D eigenvalue weighted by atomic mass is 16.5. The number of aryl methyl sites for hydroxylation is 1. The lowest BCUT2D eigenvalue weighted by atomic mass is 10.3. The Balaban J connectivity index is 2.05. The Bertz CT molecular complexity index is 501. The van der Waals surface area contributed by atoms with Crippen molar-refractivity contribution in [1.82, 2.24) is 9.97 Å². The summed E-state index contributed by atoms with van der Waals surface area (Å²) in [7, 11) is 0. The van der Waals surface area contributed by atoms with Crippen LogP contribution in [0.3, 0.4) is 0 Å². The van der Waals surface area contributed by atoms with Crippen LogP contribution in [0.2, 0.25) is 0 Å². The Morgan fingerprint density at radius 3 is 2.59 bits per heavy atom. The molecule has 2 rings (SSSR count). The van der Waals surface area contributed by atoms with Gasteiger partial charge in [0.25, 0.3) is 0 Å². The van der Waals surface area contributed by atoms with Crippen molar-refractivity contribution < 1.29 is 4.74 Å². The summed E-state index contributed by atoms with van der Waals surface area (Å²) in [5.74, 6) is 1.34. The maximum Gasteiger partial charge on any atom is 0.246 e. The minimum absolute atomic E-state index is 0.511. The van der Waals surface area contributed by atoms with E-state index in [9.17, 15) is 0 Å². The number of aromatic nitrogens is 2. The summed E-state index contributed by atoms with van der Waals surface area (Å²) < 4.78 is 5.34. The van der Waals surface area contributed by atoms with E-state index < -0.39 is 0 Å².